The molecule has 16 heavy (non-hydrogen) atoms. The summed E-state index contributed by atoms with van der Waals surface area (Å²) >= 11 is 0. The summed E-state index contributed by atoms with van der Waals surface area (Å²) in [7, 11) is 0. The van der Waals surface area contributed by atoms with Gasteiger partial charge in [-0.05, 0) is 18.2 Å². The molecule has 0 atom stereocenters. The molecule has 0 radical (unpaired) electrons. The molecule has 0 aromatic heterocycles. The minimum Gasteiger partial charge on any atom is -0.478 e. The molecule has 1 aromatic carbocycles. The van der Waals surface area contributed by atoms with Gasteiger partial charge in [0.05, 0.1) is 16.7 Å². The molecule has 0 aliphatic carbocycles. The van der Waals surface area contributed by atoms with Gasteiger partial charge in [0.1, 0.15) is 0 Å². The first-order valence-electron chi connectivity index (χ1n) is 3.77. The molecular formula is C9H6CeO6. The fourth-order valence-electron chi connectivity index (χ4n) is 0.998. The summed E-state index contributed by atoms with van der Waals surface area (Å²) in [6.07, 6.45) is 0. The zero-order chi connectivity index (χ0) is 11.6. The van der Waals surface area contributed by atoms with Crippen LogP contribution >= 0.6 is 0 Å². The Morgan fingerprint density at radius 3 is 1.00 bits per heavy atom. The molecule has 0 spiro atoms. The summed E-state index contributed by atoms with van der Waals surface area (Å²) in [5, 5.41) is 25.8. The van der Waals surface area contributed by atoms with Crippen molar-refractivity contribution in [2.75, 3.05) is 0 Å². The van der Waals surface area contributed by atoms with E-state index in [2.05, 4.69) is 0 Å². The number of carboxylic acids is 3. The smallest absolute Gasteiger partial charge is 0.335 e. The van der Waals surface area contributed by atoms with Crippen LogP contribution in [0.5, 0.6) is 0 Å². The molecule has 0 bridgehead atoms. The van der Waals surface area contributed by atoms with E-state index in [0.29, 0.717) is 0 Å². The average Bonchev–Trinajstić information content (AvgIpc) is 2.16. The maximum absolute atomic E-state index is 10.6. The summed E-state index contributed by atoms with van der Waals surface area (Å²) in [6.45, 7) is 0. The molecule has 1 aromatic rings. The van der Waals surface area contributed by atoms with Crippen molar-refractivity contribution in [2.45, 2.75) is 0 Å². The van der Waals surface area contributed by atoms with E-state index in [0.717, 1.165) is 18.2 Å². The first-order valence-corrected chi connectivity index (χ1v) is 3.77. The summed E-state index contributed by atoms with van der Waals surface area (Å²) in [5.74, 6) is -4.12. The summed E-state index contributed by atoms with van der Waals surface area (Å²) < 4.78 is 0. The first-order chi connectivity index (χ1) is 6.91. The summed E-state index contributed by atoms with van der Waals surface area (Å²) in [6, 6.07) is 2.70. The normalized spacial score (nSPS) is 9.00. The van der Waals surface area contributed by atoms with E-state index in [4.69, 9.17) is 15.3 Å². The van der Waals surface area contributed by atoms with Gasteiger partial charge >= 0.3 is 17.9 Å². The molecular weight excluding hydrogens is 344 g/mol. The Morgan fingerprint density at radius 2 is 0.875 bits per heavy atom. The van der Waals surface area contributed by atoms with Gasteiger partial charge in [-0.3, -0.25) is 0 Å². The molecule has 82 valence electrons. The second kappa shape index (κ2) is 5.92. The van der Waals surface area contributed by atoms with Crippen LogP contribution in [0.4, 0.5) is 0 Å². The Balaban J connectivity index is 0.00000225. The van der Waals surface area contributed by atoms with Crippen LogP contribution in [-0.2, 0) is 0 Å². The van der Waals surface area contributed by atoms with Crippen LogP contribution in [0.2, 0.25) is 0 Å². The fraction of sp³-hybridized carbons (Fsp3) is 0. The van der Waals surface area contributed by atoms with Gasteiger partial charge in [0.25, 0.3) is 0 Å². The molecule has 0 heterocycles. The van der Waals surface area contributed by atoms with Crippen molar-refractivity contribution in [3.05, 3.63) is 34.9 Å². The van der Waals surface area contributed by atoms with Crippen LogP contribution in [0.15, 0.2) is 18.2 Å². The number of carboxylic acid groups (broad SMARTS) is 3. The number of rotatable bonds is 3. The first kappa shape index (κ1) is 15.0. The Kier molecular flexibility index (Phi) is 5.55. The maximum Gasteiger partial charge on any atom is 0.335 e. The molecule has 0 amide bonds. The van der Waals surface area contributed by atoms with Crippen LogP contribution in [0, 0.1) is 41.7 Å². The quantitative estimate of drug-likeness (QED) is 0.743. The van der Waals surface area contributed by atoms with E-state index in [-0.39, 0.29) is 58.4 Å². The molecule has 0 saturated heterocycles. The molecule has 0 saturated carbocycles. The molecule has 6 nitrogen and oxygen atoms in total. The number of benzene rings is 1. The Morgan fingerprint density at radius 1 is 0.688 bits per heavy atom. The van der Waals surface area contributed by atoms with Crippen molar-refractivity contribution in [1.29, 1.82) is 0 Å². The Hall–Kier alpha value is -0.993. The number of aromatic carboxylic acids is 3. The number of hydrogen-bond acceptors (Lipinski definition) is 3. The molecule has 0 unspecified atom stereocenters. The third-order valence-electron chi connectivity index (χ3n) is 1.67. The van der Waals surface area contributed by atoms with Crippen LogP contribution < -0.4 is 0 Å². The summed E-state index contributed by atoms with van der Waals surface area (Å²) in [4.78, 5) is 31.7. The molecule has 1 rings (SSSR count). The van der Waals surface area contributed by atoms with E-state index in [1.54, 1.807) is 0 Å². The van der Waals surface area contributed by atoms with Crippen LogP contribution in [0.1, 0.15) is 31.1 Å². The molecule has 0 fully saturated rings. The zero-order valence-electron chi connectivity index (χ0n) is 7.80. The zero-order valence-corrected chi connectivity index (χ0v) is 10.9. The monoisotopic (exact) mass is 350 g/mol. The van der Waals surface area contributed by atoms with E-state index in [1.165, 1.54) is 0 Å². The Bertz CT molecular complexity index is 374. The minimum absolute atomic E-state index is 0. The van der Waals surface area contributed by atoms with Gasteiger partial charge in [-0.2, -0.15) is 0 Å². The molecule has 0 aliphatic rings. The second-order valence-electron chi connectivity index (χ2n) is 2.71. The van der Waals surface area contributed by atoms with Crippen LogP contribution in [-0.4, -0.2) is 33.2 Å². The van der Waals surface area contributed by atoms with E-state index in [1.807, 2.05) is 0 Å². The predicted molar refractivity (Wildman–Crippen MR) is 47.3 cm³/mol. The third-order valence-corrected chi connectivity index (χ3v) is 1.67. The largest absolute Gasteiger partial charge is 0.478 e. The van der Waals surface area contributed by atoms with Crippen molar-refractivity contribution in [1.82, 2.24) is 0 Å². The number of carbonyl (C=O) groups is 3. The van der Waals surface area contributed by atoms with Crippen molar-refractivity contribution in [3.8, 4) is 0 Å². The van der Waals surface area contributed by atoms with Crippen LogP contribution in [0.25, 0.3) is 0 Å². The van der Waals surface area contributed by atoms with Crippen molar-refractivity contribution >= 4 is 17.9 Å². The predicted octanol–water partition coefficient (Wildman–Crippen LogP) is 0.781. The maximum atomic E-state index is 10.6. The van der Waals surface area contributed by atoms with Gasteiger partial charge in [-0.25, -0.2) is 14.4 Å². The van der Waals surface area contributed by atoms with E-state index < -0.39 is 17.9 Å². The average molecular weight is 350 g/mol. The third kappa shape index (κ3) is 3.54. The van der Waals surface area contributed by atoms with Crippen molar-refractivity contribution < 1.29 is 71.5 Å². The van der Waals surface area contributed by atoms with Crippen molar-refractivity contribution in [3.63, 3.8) is 0 Å². The number of hydrogen-bond donors (Lipinski definition) is 3. The van der Waals surface area contributed by atoms with Gasteiger partial charge in [-0.15, -0.1) is 0 Å². The minimum atomic E-state index is -1.37. The Labute approximate surface area is 123 Å². The van der Waals surface area contributed by atoms with E-state index in [9.17, 15) is 14.4 Å². The van der Waals surface area contributed by atoms with E-state index >= 15 is 0 Å². The van der Waals surface area contributed by atoms with Gasteiger partial charge in [0.2, 0.25) is 0 Å². The van der Waals surface area contributed by atoms with Gasteiger partial charge in [-0.1, -0.05) is 0 Å². The van der Waals surface area contributed by atoms with Crippen molar-refractivity contribution in [2.24, 2.45) is 0 Å². The van der Waals surface area contributed by atoms with Crippen LogP contribution in [0.3, 0.4) is 0 Å². The standard InChI is InChI=1S/C9H6O6.Ce/c10-7(11)4-1-5(8(12)13)3-6(2-4)9(14)15;/h1-3H,(H,10,11)(H,12,13)(H,14,15);. The molecule has 3 N–H and O–H groups in total. The SMILES string of the molecule is O=C(O)c1cc(C(=O)O)cc(C(=O)O)c1.[Ce]. The fourth-order valence-corrected chi connectivity index (χ4v) is 0.998. The van der Waals surface area contributed by atoms with Gasteiger partial charge in [0.15, 0.2) is 0 Å². The van der Waals surface area contributed by atoms with Gasteiger partial charge in [0, 0.05) is 41.7 Å². The topological polar surface area (TPSA) is 112 Å². The second-order valence-corrected chi connectivity index (χ2v) is 2.71. The molecule has 0 aliphatic heterocycles. The molecule has 7 heteroatoms. The summed E-state index contributed by atoms with van der Waals surface area (Å²) in [5.41, 5.74) is -1.10. The van der Waals surface area contributed by atoms with Gasteiger partial charge < -0.3 is 15.3 Å².